The highest BCUT2D eigenvalue weighted by Crippen LogP contribution is 2.15. The Morgan fingerprint density at radius 3 is 1.12 bits per heavy atom. The van der Waals surface area contributed by atoms with E-state index in [0.717, 1.165) is 14.7 Å². The summed E-state index contributed by atoms with van der Waals surface area (Å²) in [6.45, 7) is -3.50. The van der Waals surface area contributed by atoms with Gasteiger partial charge < -0.3 is 20.4 Å². The highest BCUT2D eigenvalue weighted by atomic mass is 31.1. The van der Waals surface area contributed by atoms with Crippen LogP contribution in [0.15, 0.2) is 0 Å². The lowest BCUT2D eigenvalue weighted by Crippen LogP contribution is -2.48. The van der Waals surface area contributed by atoms with Gasteiger partial charge in [0, 0.05) is 0 Å². The van der Waals surface area contributed by atoms with Gasteiger partial charge in [0.05, 0.1) is 39.5 Å². The van der Waals surface area contributed by atoms with E-state index in [2.05, 4.69) is 0 Å². The third-order valence-electron chi connectivity index (χ3n) is 2.56. The number of carboxylic acid groups (broad SMARTS) is 4. The summed E-state index contributed by atoms with van der Waals surface area (Å²) in [7, 11) is -2.75. The van der Waals surface area contributed by atoms with Crippen molar-refractivity contribution in [1.29, 1.82) is 0 Å². The Bertz CT molecular complexity index is 458. The van der Waals surface area contributed by atoms with Gasteiger partial charge in [-0.15, -0.1) is 0 Å². The number of carboxylic acids is 4. The van der Waals surface area contributed by atoms with E-state index in [-0.39, 0.29) is 0 Å². The van der Waals surface area contributed by atoms with Gasteiger partial charge in [0.15, 0.2) is 0 Å². The Morgan fingerprint density at radius 2 is 0.920 bits per heavy atom. The van der Waals surface area contributed by atoms with Crippen LogP contribution >= 0.6 is 8.03 Å². The third kappa shape index (κ3) is 12.9. The predicted octanol–water partition coefficient (Wildman–Crippen LogP) is -2.16. The number of hydrogen-bond donors (Lipinski definition) is 5. The van der Waals surface area contributed by atoms with E-state index in [1.807, 2.05) is 0 Å². The van der Waals surface area contributed by atoms with Crippen LogP contribution in [0.4, 0.5) is 0 Å². The molecule has 142 valence electrons. The molecule has 0 aromatic carbocycles. The van der Waals surface area contributed by atoms with Gasteiger partial charge in [-0.3, -0.25) is 29.0 Å². The zero-order valence-electron chi connectivity index (χ0n) is 13.0. The Balaban J connectivity index is 5.17. The predicted molar refractivity (Wildman–Crippen MR) is 80.0 cm³/mol. The molecule has 0 aromatic rings. The zero-order chi connectivity index (χ0) is 19.6. The van der Waals surface area contributed by atoms with Crippen molar-refractivity contribution in [3.05, 3.63) is 0 Å². The van der Waals surface area contributed by atoms with Crippen LogP contribution in [-0.2, 0) is 23.7 Å². The Labute approximate surface area is 142 Å². The first-order chi connectivity index (χ1) is 11.5. The van der Waals surface area contributed by atoms with Crippen LogP contribution in [0.1, 0.15) is 0 Å². The minimum absolute atomic E-state index is 0.393. The molecular formula is C11H19N3O10P+. The summed E-state index contributed by atoms with van der Waals surface area (Å²) in [6, 6.07) is 0. The normalized spacial score (nSPS) is 11.8. The van der Waals surface area contributed by atoms with Gasteiger partial charge in [-0.1, -0.05) is 0 Å². The van der Waals surface area contributed by atoms with Crippen LogP contribution in [-0.4, -0.2) is 110 Å². The first-order valence-electron chi connectivity index (χ1n) is 6.67. The number of hydrogen-bond acceptors (Lipinski definition) is 8. The summed E-state index contributed by atoms with van der Waals surface area (Å²) in [5.74, 6) is -5.32. The maximum absolute atomic E-state index is 11.1. The van der Waals surface area contributed by atoms with Gasteiger partial charge in [-0.25, -0.2) is 4.90 Å². The van der Waals surface area contributed by atoms with Crippen LogP contribution in [0, 0.1) is 0 Å². The Kier molecular flexibility index (Phi) is 10.4. The average Bonchev–Trinajstić information content (AvgIpc) is 2.33. The summed E-state index contributed by atoms with van der Waals surface area (Å²) >= 11 is 0. The molecule has 1 unspecified atom stereocenters. The maximum Gasteiger partial charge on any atom is 0.521 e. The van der Waals surface area contributed by atoms with Crippen molar-refractivity contribution in [2.75, 3.05) is 45.8 Å². The SMILES string of the molecule is O=C(O)CN(CC(=O)O)CN(CN(CC(=O)O)CC(=O)O)C[P+](=O)O. The standard InChI is InChI=1S/C11H18N3O10P/c15-8(16)1-12(2-9(17)18)5-14(7-25(23)24)6-13(3-10(19)20)4-11(21)22/h1-7H2,(H4-,15,16,17,18,19,20,21,22,23,24)/p+1. The second-order valence-corrected chi connectivity index (χ2v) is 5.98. The lowest BCUT2D eigenvalue weighted by Gasteiger charge is -2.29. The quantitative estimate of drug-likeness (QED) is 0.160. The molecule has 25 heavy (non-hydrogen) atoms. The van der Waals surface area contributed by atoms with Gasteiger partial charge in [0.25, 0.3) is 0 Å². The van der Waals surface area contributed by atoms with Crippen molar-refractivity contribution >= 4 is 31.9 Å². The van der Waals surface area contributed by atoms with Gasteiger partial charge in [0.1, 0.15) is 0 Å². The molecular weight excluding hydrogens is 365 g/mol. The molecule has 0 heterocycles. The molecule has 0 aliphatic rings. The minimum atomic E-state index is -2.75. The average molecular weight is 384 g/mol. The van der Waals surface area contributed by atoms with Crippen molar-refractivity contribution in [2.24, 2.45) is 0 Å². The fourth-order valence-electron chi connectivity index (χ4n) is 1.95. The Morgan fingerprint density at radius 1 is 0.640 bits per heavy atom. The first-order valence-corrected chi connectivity index (χ1v) is 8.07. The molecule has 5 N–H and O–H groups in total. The Hall–Kier alpha value is -2.18. The second kappa shape index (κ2) is 11.4. The molecule has 13 nitrogen and oxygen atoms in total. The lowest BCUT2D eigenvalue weighted by atomic mass is 10.4. The van der Waals surface area contributed by atoms with Crippen LogP contribution < -0.4 is 0 Å². The topological polar surface area (TPSA) is 196 Å². The summed E-state index contributed by atoms with van der Waals surface area (Å²) < 4.78 is 11.1. The first kappa shape index (κ1) is 22.8. The minimum Gasteiger partial charge on any atom is -0.480 e. The fraction of sp³-hybridized carbons (Fsp3) is 0.636. The zero-order valence-corrected chi connectivity index (χ0v) is 13.9. The molecule has 0 spiro atoms. The highest BCUT2D eigenvalue weighted by Gasteiger charge is 2.26. The van der Waals surface area contributed by atoms with Crippen LogP contribution in [0.2, 0.25) is 0 Å². The summed E-state index contributed by atoms with van der Waals surface area (Å²) in [5, 5.41) is 35.1. The molecule has 14 heteroatoms. The molecule has 0 radical (unpaired) electrons. The third-order valence-corrected chi connectivity index (χ3v) is 3.20. The van der Waals surface area contributed by atoms with Crippen molar-refractivity contribution < 1.29 is 49.1 Å². The van der Waals surface area contributed by atoms with Crippen LogP contribution in [0.5, 0.6) is 0 Å². The number of nitrogens with zero attached hydrogens (tertiary/aromatic N) is 3. The van der Waals surface area contributed by atoms with E-state index in [1.165, 1.54) is 0 Å². The van der Waals surface area contributed by atoms with Crippen molar-refractivity contribution in [1.82, 2.24) is 14.7 Å². The molecule has 0 amide bonds. The van der Waals surface area contributed by atoms with Crippen LogP contribution in [0.3, 0.4) is 0 Å². The maximum atomic E-state index is 11.1. The molecule has 0 aliphatic carbocycles. The molecule has 0 rings (SSSR count). The van der Waals surface area contributed by atoms with Crippen LogP contribution in [0.25, 0.3) is 0 Å². The molecule has 0 fully saturated rings. The van der Waals surface area contributed by atoms with E-state index in [9.17, 15) is 23.7 Å². The monoisotopic (exact) mass is 384 g/mol. The molecule has 0 aliphatic heterocycles. The number of rotatable bonds is 14. The van der Waals surface area contributed by atoms with E-state index < -0.39 is 77.7 Å². The van der Waals surface area contributed by atoms with E-state index in [4.69, 9.17) is 25.3 Å². The molecule has 0 bridgehead atoms. The van der Waals surface area contributed by atoms with Gasteiger partial charge in [0.2, 0.25) is 6.29 Å². The van der Waals surface area contributed by atoms with Gasteiger partial charge >= 0.3 is 31.9 Å². The van der Waals surface area contributed by atoms with Crippen molar-refractivity contribution in [3.63, 3.8) is 0 Å². The summed E-state index contributed by atoms with van der Waals surface area (Å²) in [4.78, 5) is 55.1. The second-order valence-electron chi connectivity index (χ2n) is 5.00. The number of carbonyl (C=O) groups is 4. The van der Waals surface area contributed by atoms with Gasteiger partial charge in [-0.2, -0.15) is 4.89 Å². The van der Waals surface area contributed by atoms with Gasteiger partial charge in [-0.05, 0) is 4.57 Å². The molecule has 0 saturated heterocycles. The van der Waals surface area contributed by atoms with Crippen molar-refractivity contribution in [3.8, 4) is 0 Å². The fourth-order valence-corrected chi connectivity index (χ4v) is 2.47. The van der Waals surface area contributed by atoms with E-state index in [1.54, 1.807) is 0 Å². The summed E-state index contributed by atoms with van der Waals surface area (Å²) in [5.41, 5.74) is 0. The summed E-state index contributed by atoms with van der Waals surface area (Å²) in [6.07, 6.45) is -0.527. The van der Waals surface area contributed by atoms with Crippen molar-refractivity contribution in [2.45, 2.75) is 0 Å². The largest absolute Gasteiger partial charge is 0.521 e. The molecule has 0 aromatic heterocycles. The smallest absolute Gasteiger partial charge is 0.480 e. The highest BCUT2D eigenvalue weighted by molar-refractivity contribution is 7.37. The number of aliphatic carboxylic acids is 4. The van der Waals surface area contributed by atoms with E-state index >= 15 is 0 Å². The lowest BCUT2D eigenvalue weighted by molar-refractivity contribution is -0.143. The molecule has 0 saturated carbocycles. The molecule has 1 atom stereocenters. The van der Waals surface area contributed by atoms with E-state index in [0.29, 0.717) is 0 Å².